The number of hydrogen-bond acceptors (Lipinski definition) is 19. The minimum absolute atomic E-state index is 0.0130. The number of anilines is 8. The summed E-state index contributed by atoms with van der Waals surface area (Å²) >= 11 is 25.1. The average molecular weight is 1590 g/mol. The number of morpholine rings is 1. The molecule has 0 saturated carbocycles. The Kier molecular flexibility index (Phi) is 29.1. The van der Waals surface area contributed by atoms with Gasteiger partial charge in [0, 0.05) is 139 Å². The maximum absolute atomic E-state index is 12.6. The number of para-hydroxylation sites is 1. The Hall–Kier alpha value is -12.4. The van der Waals surface area contributed by atoms with Gasteiger partial charge in [0.25, 0.3) is 23.6 Å². The summed E-state index contributed by atoms with van der Waals surface area (Å²) in [4.78, 5) is 82.6. The van der Waals surface area contributed by atoms with E-state index in [4.69, 9.17) is 56.2 Å². The molecule has 6 aromatic carbocycles. The number of rotatable bonds is 22. The first-order valence-electron chi connectivity index (χ1n) is 34.9. The van der Waals surface area contributed by atoms with Gasteiger partial charge in [-0.25, -0.2) is 23.4 Å². The van der Waals surface area contributed by atoms with Crippen LogP contribution in [0.25, 0.3) is 45.0 Å². The van der Waals surface area contributed by atoms with Gasteiger partial charge >= 0.3 is 0 Å². The highest BCUT2D eigenvalue weighted by Crippen LogP contribution is 2.34. The average Bonchev–Trinajstić information content (AvgIpc) is 0.838. The van der Waals surface area contributed by atoms with Crippen molar-refractivity contribution in [2.45, 2.75) is 4.90 Å². The number of hydrogen-bond donors (Lipinski definition) is 8. The number of aliphatic hydroxyl groups excluding tert-OH is 1. The Balaban J connectivity index is 0.000000148. The van der Waals surface area contributed by atoms with Crippen molar-refractivity contribution in [2.24, 2.45) is 0 Å². The van der Waals surface area contributed by atoms with E-state index >= 15 is 0 Å². The smallest absolute Gasteiger partial charge is 0.257 e. The van der Waals surface area contributed by atoms with Crippen molar-refractivity contribution in [3.05, 3.63) is 322 Å². The van der Waals surface area contributed by atoms with Gasteiger partial charge in [-0.3, -0.25) is 44.0 Å². The number of ether oxygens (including phenoxy) is 1. The highest BCUT2D eigenvalue weighted by atomic mass is 35.5. The van der Waals surface area contributed by atoms with E-state index < -0.39 is 9.84 Å². The molecule has 23 nitrogen and oxygen atoms in total. The fourth-order valence-electron chi connectivity index (χ4n) is 10.8. The van der Waals surface area contributed by atoms with Crippen molar-refractivity contribution in [3.63, 3.8) is 0 Å². The Morgan fingerprint density at radius 2 is 0.732 bits per heavy atom. The Morgan fingerprint density at radius 1 is 0.393 bits per heavy atom. The zero-order valence-electron chi connectivity index (χ0n) is 60.0. The van der Waals surface area contributed by atoms with Crippen LogP contribution in [0.4, 0.5) is 45.9 Å². The third-order valence-electron chi connectivity index (χ3n) is 16.6. The van der Waals surface area contributed by atoms with Crippen LogP contribution in [0, 0.1) is 0 Å². The van der Waals surface area contributed by atoms with Gasteiger partial charge < -0.3 is 47.1 Å². The summed E-state index contributed by atoms with van der Waals surface area (Å²) in [6.07, 6.45) is 12.5. The van der Waals surface area contributed by atoms with Gasteiger partial charge in [0.05, 0.1) is 84.3 Å². The number of aliphatic hydroxyl groups is 1. The molecule has 1 fully saturated rings. The monoisotopic (exact) mass is 1590 g/mol. The molecule has 8 N–H and O–H groups in total. The largest absolute Gasteiger partial charge is 0.395 e. The SMILES string of the molecule is CS(=O)(=O)c1ccc(C(=O)Nc2ccc(Cl)c(-c3ccccn3)c2)cc1.O=C(Nc1ccc(Cl)c(-c2ccccn2)c1)c1ccc(NCCN2CCOCC2)nc1.O=C(Nc1ccc(Cl)c(-c2ccccn2)c1)c1ccc(NCCO)nc1.O=C(Nc1ccc(Cl)c(-c2ccccn2)c1)c1ccc(Nc2ccccc2)nc1. The first-order valence-corrected chi connectivity index (χ1v) is 38.3. The second-order valence-corrected chi connectivity index (χ2v) is 28.2. The maximum atomic E-state index is 12.6. The van der Waals surface area contributed by atoms with Crippen LogP contribution in [0.1, 0.15) is 41.4 Å². The van der Waals surface area contributed by atoms with Crippen LogP contribution in [0.2, 0.25) is 20.1 Å². The second-order valence-electron chi connectivity index (χ2n) is 24.6. The van der Waals surface area contributed by atoms with E-state index in [1.165, 1.54) is 36.7 Å². The molecule has 8 heterocycles. The quantitative estimate of drug-likeness (QED) is 0.0313. The van der Waals surface area contributed by atoms with Crippen LogP contribution >= 0.6 is 46.4 Å². The predicted molar refractivity (Wildman–Crippen MR) is 444 cm³/mol. The molecule has 28 heteroatoms. The number of carbonyl (C=O) groups excluding carboxylic acids is 4. The predicted octanol–water partition coefficient (Wildman–Crippen LogP) is 17.1. The molecule has 112 heavy (non-hydrogen) atoms. The molecule has 14 rings (SSSR count). The summed E-state index contributed by atoms with van der Waals surface area (Å²) in [5.41, 5.74) is 11.0. The Labute approximate surface area is 666 Å². The number of pyridine rings is 7. The van der Waals surface area contributed by atoms with E-state index in [2.05, 4.69) is 77.0 Å². The lowest BCUT2D eigenvalue weighted by Crippen LogP contribution is -2.39. The van der Waals surface area contributed by atoms with Gasteiger partial charge in [0.2, 0.25) is 0 Å². The summed E-state index contributed by atoms with van der Waals surface area (Å²) < 4.78 is 28.3. The van der Waals surface area contributed by atoms with Gasteiger partial charge in [-0.1, -0.05) is 88.9 Å². The maximum Gasteiger partial charge on any atom is 0.257 e. The summed E-state index contributed by atoms with van der Waals surface area (Å²) in [5, 5.41) is 31.8. The summed E-state index contributed by atoms with van der Waals surface area (Å²) in [5.74, 6) is 0.893. The first kappa shape index (κ1) is 80.6. The molecule has 0 atom stereocenters. The first-order chi connectivity index (χ1) is 54.4. The second kappa shape index (κ2) is 40.4. The molecule has 0 radical (unpaired) electrons. The Morgan fingerprint density at radius 3 is 1.06 bits per heavy atom. The lowest BCUT2D eigenvalue weighted by molar-refractivity contribution is 0.0398. The number of nitrogens with zero attached hydrogens (tertiary/aromatic N) is 8. The molecule has 0 spiro atoms. The zero-order chi connectivity index (χ0) is 78.6. The summed E-state index contributed by atoms with van der Waals surface area (Å²) in [6.45, 7) is 5.64. The van der Waals surface area contributed by atoms with Crippen molar-refractivity contribution in [2.75, 3.05) is 96.0 Å². The fourth-order valence-corrected chi connectivity index (χ4v) is 12.3. The standard InChI is InChI=1S/C23H24ClN5O2.C23H17ClN4O.C19H17ClN4O2.C19H15ClN2O3S/c24-20-6-5-18(15-19(20)21-3-1-2-8-25-21)28-23(30)17-4-7-22(27-16-17)26-9-10-29-11-13-31-14-12-29;24-20-11-10-18(14-19(20)21-8-4-5-13-25-21)28-23(29)16-9-12-22(26-15-16)27-17-6-2-1-3-7-17;20-16-6-5-14(11-15(16)17-3-1-2-8-21-17)24-19(26)13-4-7-18(23-12-13)22-9-10-25;1-26(24,25)15-8-5-13(6-9-15)19(23)22-14-7-10-17(20)16(12-14)18-4-2-3-11-21-18/h1-8,15-16H,9-14H2,(H,26,27)(H,28,30);1-15H,(H,26,27)(H,28,29);1-8,11-12,25H,9-10H2,(H,22,23)(H,24,26);2-12H,1H3,(H,22,23). The minimum atomic E-state index is -3.30. The topological polar surface area (TPSA) is 310 Å². The molecule has 0 bridgehead atoms. The van der Waals surface area contributed by atoms with E-state index in [1.54, 1.807) is 128 Å². The van der Waals surface area contributed by atoms with Crippen molar-refractivity contribution in [1.82, 2.24) is 39.8 Å². The van der Waals surface area contributed by atoms with E-state index in [0.29, 0.717) is 94.5 Å². The molecular weight excluding hydrogens is 1520 g/mol. The lowest BCUT2D eigenvalue weighted by Gasteiger charge is -2.26. The van der Waals surface area contributed by atoms with Crippen LogP contribution < -0.4 is 37.2 Å². The molecule has 0 aliphatic carbocycles. The summed E-state index contributed by atoms with van der Waals surface area (Å²) in [7, 11) is -3.30. The normalized spacial score (nSPS) is 11.6. The van der Waals surface area contributed by atoms with E-state index in [1.807, 2.05) is 115 Å². The molecule has 1 aliphatic rings. The van der Waals surface area contributed by atoms with Gasteiger partial charge in [0.15, 0.2) is 9.84 Å². The highest BCUT2D eigenvalue weighted by molar-refractivity contribution is 7.90. The number of benzene rings is 6. The molecule has 566 valence electrons. The molecule has 4 amide bonds. The third kappa shape index (κ3) is 23.8. The Bertz CT molecular complexity index is 5410. The van der Waals surface area contributed by atoms with Crippen LogP contribution in [0.3, 0.4) is 0 Å². The van der Waals surface area contributed by atoms with E-state index in [9.17, 15) is 27.6 Å². The molecular formula is C84H73Cl4N15O8S. The number of amides is 4. The number of halogens is 4. The minimum Gasteiger partial charge on any atom is -0.395 e. The van der Waals surface area contributed by atoms with Gasteiger partial charge in [-0.2, -0.15) is 0 Å². The molecule has 1 saturated heterocycles. The lowest BCUT2D eigenvalue weighted by atomic mass is 10.1. The fraction of sp³-hybridized carbons (Fsp3) is 0.107. The third-order valence-corrected chi connectivity index (χ3v) is 19.0. The van der Waals surface area contributed by atoms with E-state index in [0.717, 1.165) is 90.9 Å². The van der Waals surface area contributed by atoms with Crippen LogP contribution in [0.5, 0.6) is 0 Å². The van der Waals surface area contributed by atoms with E-state index in [-0.39, 0.29) is 35.1 Å². The van der Waals surface area contributed by atoms with Crippen LogP contribution in [-0.2, 0) is 14.6 Å². The molecule has 13 aromatic rings. The van der Waals surface area contributed by atoms with Crippen molar-refractivity contribution < 1.29 is 37.4 Å². The number of nitrogens with one attached hydrogen (secondary N) is 7. The molecule has 0 unspecified atom stereocenters. The van der Waals surface area contributed by atoms with Crippen LogP contribution in [0.15, 0.2) is 285 Å². The summed E-state index contributed by atoms with van der Waals surface area (Å²) in [6, 6.07) is 69.2. The van der Waals surface area contributed by atoms with Crippen molar-refractivity contribution in [1.29, 1.82) is 0 Å². The molecule has 1 aliphatic heterocycles. The van der Waals surface area contributed by atoms with Gasteiger partial charge in [-0.05, 0) is 194 Å². The van der Waals surface area contributed by atoms with Crippen molar-refractivity contribution in [3.8, 4) is 45.0 Å². The number of carbonyl (C=O) groups is 4. The zero-order valence-corrected chi connectivity index (χ0v) is 63.9. The molecule has 7 aromatic heterocycles. The van der Waals surface area contributed by atoms with Gasteiger partial charge in [0.1, 0.15) is 17.5 Å². The highest BCUT2D eigenvalue weighted by Gasteiger charge is 2.18. The number of sulfone groups is 1. The number of aromatic nitrogens is 7. The van der Waals surface area contributed by atoms with Crippen LogP contribution in [-0.4, -0.2) is 136 Å². The van der Waals surface area contributed by atoms with Crippen molar-refractivity contribution >= 4 is 126 Å². The van der Waals surface area contributed by atoms with Gasteiger partial charge in [-0.15, -0.1) is 0 Å².